The fourth-order valence-corrected chi connectivity index (χ4v) is 10.1. The van der Waals surface area contributed by atoms with Crippen molar-refractivity contribution in [2.75, 3.05) is 7.11 Å². The molecule has 8 nitrogen and oxygen atoms in total. The van der Waals surface area contributed by atoms with Gasteiger partial charge in [-0.15, -0.1) is 0 Å². The molecule has 2 fully saturated rings. The standard InChI is InChI=1S/C35H52O8/c1-19(31(39)40)11-12-25(42-21(3)36)20(2)24-17-29(43-22(4)37)35(9)30-23(13-16-34(24,35)8)33(7)15-14-28(38)32(5,6)27(33)18-26(30)41-10/h11,20,24-27,29H,12-18H2,1-10H3,(H,39,40)/b19-11+/t20-,24+,25-,26+,27-,29-,33+,34+,35-/m0/s1. The van der Waals surface area contributed by atoms with Crippen molar-refractivity contribution in [3.05, 3.63) is 22.8 Å². The maximum atomic E-state index is 13.1. The van der Waals surface area contributed by atoms with Crippen LogP contribution in [0.3, 0.4) is 0 Å². The van der Waals surface area contributed by atoms with E-state index in [2.05, 4.69) is 41.5 Å². The Labute approximate surface area is 257 Å². The van der Waals surface area contributed by atoms with Crippen molar-refractivity contribution < 1.29 is 38.5 Å². The number of carboxylic acid groups (broad SMARTS) is 1. The third kappa shape index (κ3) is 5.19. The van der Waals surface area contributed by atoms with E-state index in [0.29, 0.717) is 18.6 Å². The molecule has 9 atom stereocenters. The van der Waals surface area contributed by atoms with Crippen molar-refractivity contribution in [1.29, 1.82) is 0 Å². The molecular weight excluding hydrogens is 548 g/mol. The van der Waals surface area contributed by atoms with E-state index in [1.165, 1.54) is 25.0 Å². The predicted molar refractivity (Wildman–Crippen MR) is 162 cm³/mol. The summed E-state index contributed by atoms with van der Waals surface area (Å²) in [5.41, 5.74) is 1.34. The van der Waals surface area contributed by atoms with Crippen LogP contribution in [0.15, 0.2) is 22.8 Å². The number of rotatable bonds is 8. The first-order valence-corrected chi connectivity index (χ1v) is 15.9. The summed E-state index contributed by atoms with van der Waals surface area (Å²) in [4.78, 5) is 49.5. The van der Waals surface area contributed by atoms with Crippen LogP contribution in [0.2, 0.25) is 0 Å². The molecule has 0 heterocycles. The quantitative estimate of drug-likeness (QED) is 0.192. The number of esters is 2. The van der Waals surface area contributed by atoms with Gasteiger partial charge in [0.05, 0.1) is 6.10 Å². The number of carbonyl (C=O) groups excluding carboxylic acids is 3. The Balaban J connectivity index is 1.86. The maximum absolute atomic E-state index is 13.1. The molecule has 0 saturated heterocycles. The molecule has 4 aliphatic rings. The molecule has 0 aliphatic heterocycles. The second kappa shape index (κ2) is 11.5. The van der Waals surface area contributed by atoms with Gasteiger partial charge in [-0.1, -0.05) is 53.2 Å². The number of carbonyl (C=O) groups is 4. The average molecular weight is 601 g/mol. The van der Waals surface area contributed by atoms with Crippen molar-refractivity contribution in [2.45, 2.75) is 126 Å². The van der Waals surface area contributed by atoms with Crippen LogP contribution in [0.1, 0.15) is 107 Å². The minimum atomic E-state index is -1.00. The van der Waals surface area contributed by atoms with E-state index in [4.69, 9.17) is 14.2 Å². The molecular formula is C35H52O8. The van der Waals surface area contributed by atoms with Gasteiger partial charge in [0.1, 0.15) is 18.0 Å². The minimum Gasteiger partial charge on any atom is -0.478 e. The molecule has 2 saturated carbocycles. The molecule has 43 heavy (non-hydrogen) atoms. The van der Waals surface area contributed by atoms with Crippen LogP contribution in [0.25, 0.3) is 0 Å². The Morgan fingerprint density at radius 2 is 1.65 bits per heavy atom. The molecule has 1 N–H and O–H groups in total. The molecule has 0 spiro atoms. The monoisotopic (exact) mass is 600 g/mol. The smallest absolute Gasteiger partial charge is 0.330 e. The summed E-state index contributed by atoms with van der Waals surface area (Å²) in [6, 6.07) is 0. The number of carboxylic acids is 1. The largest absolute Gasteiger partial charge is 0.478 e. The maximum Gasteiger partial charge on any atom is 0.330 e. The van der Waals surface area contributed by atoms with Crippen LogP contribution in [-0.4, -0.2) is 54.2 Å². The van der Waals surface area contributed by atoms with Gasteiger partial charge in [0, 0.05) is 50.2 Å². The number of aliphatic carboxylic acids is 1. The average Bonchev–Trinajstić information content (AvgIpc) is 3.14. The Bertz CT molecular complexity index is 1240. The summed E-state index contributed by atoms with van der Waals surface area (Å²) in [5.74, 6) is -1.38. The molecule has 0 aromatic carbocycles. The fourth-order valence-electron chi connectivity index (χ4n) is 10.1. The SMILES string of the molecule is CO[C@@H]1C[C@H]2C(C)(C)C(=O)CC[C@]2(C)C2=C1[C@]1(C)[C@@H](OC(C)=O)C[C@H]([C@H](C)[C@H](C/C=C(\C)C(=O)O)OC(C)=O)[C@@]1(C)CC2. The minimum absolute atomic E-state index is 0.0196. The summed E-state index contributed by atoms with van der Waals surface area (Å²) < 4.78 is 18.3. The highest BCUT2D eigenvalue weighted by molar-refractivity contribution is 5.86. The fraction of sp³-hybridized carbons (Fsp3) is 0.771. The molecule has 0 amide bonds. The zero-order valence-corrected chi connectivity index (χ0v) is 27.8. The van der Waals surface area contributed by atoms with Crippen molar-refractivity contribution >= 4 is 23.7 Å². The molecule has 4 aliphatic carbocycles. The topological polar surface area (TPSA) is 116 Å². The molecule has 0 aromatic rings. The van der Waals surface area contributed by atoms with Crippen molar-refractivity contribution in [3.8, 4) is 0 Å². The van der Waals surface area contributed by atoms with Gasteiger partial charge in [-0.25, -0.2) is 4.79 Å². The van der Waals surface area contributed by atoms with Gasteiger partial charge in [0.2, 0.25) is 0 Å². The van der Waals surface area contributed by atoms with Gasteiger partial charge in [0.25, 0.3) is 0 Å². The first-order valence-electron chi connectivity index (χ1n) is 15.9. The van der Waals surface area contributed by atoms with Gasteiger partial charge < -0.3 is 19.3 Å². The highest BCUT2D eigenvalue weighted by atomic mass is 16.5. The molecule has 0 radical (unpaired) electrons. The summed E-state index contributed by atoms with van der Waals surface area (Å²) in [6.07, 6.45) is 5.21. The summed E-state index contributed by atoms with van der Waals surface area (Å²) >= 11 is 0. The number of hydrogen-bond donors (Lipinski definition) is 1. The normalized spacial score (nSPS) is 38.4. The van der Waals surface area contributed by atoms with Gasteiger partial charge in [0.15, 0.2) is 0 Å². The van der Waals surface area contributed by atoms with Crippen LogP contribution in [0, 0.1) is 39.4 Å². The van der Waals surface area contributed by atoms with Crippen LogP contribution in [0.5, 0.6) is 0 Å². The van der Waals surface area contributed by atoms with Crippen molar-refractivity contribution in [3.63, 3.8) is 0 Å². The Morgan fingerprint density at radius 3 is 2.21 bits per heavy atom. The number of ketones is 1. The van der Waals surface area contributed by atoms with Crippen molar-refractivity contribution in [2.24, 2.45) is 39.4 Å². The van der Waals surface area contributed by atoms with Crippen LogP contribution in [-0.2, 0) is 33.4 Å². The van der Waals surface area contributed by atoms with E-state index in [1.54, 1.807) is 20.1 Å². The van der Waals surface area contributed by atoms with Crippen LogP contribution < -0.4 is 0 Å². The Kier molecular flexibility index (Phi) is 8.91. The number of methoxy groups -OCH3 is 1. The van der Waals surface area contributed by atoms with E-state index in [0.717, 1.165) is 25.7 Å². The zero-order valence-electron chi connectivity index (χ0n) is 27.8. The van der Waals surface area contributed by atoms with Gasteiger partial charge in [-0.3, -0.25) is 14.4 Å². The van der Waals surface area contributed by atoms with E-state index in [1.807, 2.05) is 0 Å². The number of fused-ring (bicyclic) bond motifs is 4. The van der Waals surface area contributed by atoms with Gasteiger partial charge >= 0.3 is 17.9 Å². The lowest BCUT2D eigenvalue weighted by Gasteiger charge is -2.62. The van der Waals surface area contributed by atoms with E-state index in [9.17, 15) is 24.3 Å². The third-order valence-electron chi connectivity index (χ3n) is 12.7. The lowest BCUT2D eigenvalue weighted by molar-refractivity contribution is -0.157. The van der Waals surface area contributed by atoms with Crippen LogP contribution >= 0.6 is 0 Å². The lowest BCUT2D eigenvalue weighted by atomic mass is 9.42. The lowest BCUT2D eigenvalue weighted by Crippen LogP contribution is -2.59. The Morgan fingerprint density at radius 1 is 1.00 bits per heavy atom. The van der Waals surface area contributed by atoms with E-state index in [-0.39, 0.29) is 52.7 Å². The summed E-state index contributed by atoms with van der Waals surface area (Å²) in [5, 5.41) is 9.42. The highest BCUT2D eigenvalue weighted by Gasteiger charge is 2.69. The summed E-state index contributed by atoms with van der Waals surface area (Å²) in [7, 11) is 1.74. The van der Waals surface area contributed by atoms with E-state index < -0.39 is 35.0 Å². The Hall–Kier alpha value is -2.48. The molecule has 0 aromatic heterocycles. The number of Topliss-reactive ketones (excluding diaryl/α,β-unsaturated/α-hetero) is 1. The zero-order chi connectivity index (χ0) is 32.3. The predicted octanol–water partition coefficient (Wildman–Crippen LogP) is 6.46. The molecule has 0 unspecified atom stereocenters. The number of ether oxygens (including phenoxy) is 3. The molecule has 0 bridgehead atoms. The third-order valence-corrected chi connectivity index (χ3v) is 12.7. The number of allylic oxidation sites excluding steroid dienone is 1. The highest BCUT2D eigenvalue weighted by Crippen LogP contribution is 2.73. The molecule has 4 rings (SSSR count). The van der Waals surface area contributed by atoms with Gasteiger partial charge in [-0.05, 0) is 73.2 Å². The van der Waals surface area contributed by atoms with Crippen LogP contribution in [0.4, 0.5) is 0 Å². The van der Waals surface area contributed by atoms with Gasteiger partial charge in [-0.2, -0.15) is 0 Å². The molecule has 240 valence electrons. The van der Waals surface area contributed by atoms with Crippen molar-refractivity contribution in [1.82, 2.24) is 0 Å². The van der Waals surface area contributed by atoms with E-state index >= 15 is 0 Å². The first kappa shape index (κ1) is 33.4. The second-order valence-corrected chi connectivity index (χ2v) is 15.0. The first-order chi connectivity index (χ1) is 19.9. The molecule has 8 heteroatoms. The number of hydrogen-bond acceptors (Lipinski definition) is 7. The second-order valence-electron chi connectivity index (χ2n) is 15.0. The summed E-state index contributed by atoms with van der Waals surface area (Å²) in [6.45, 7) is 17.5.